The van der Waals surface area contributed by atoms with Crippen LogP contribution in [0.4, 0.5) is 26.7 Å². The summed E-state index contributed by atoms with van der Waals surface area (Å²) in [5.41, 5.74) is 0.965. The highest BCUT2D eigenvalue weighted by atomic mass is 19.4. The molecule has 3 rings (SSSR count). The Morgan fingerprint density at radius 3 is 2.67 bits per heavy atom. The van der Waals surface area contributed by atoms with Crippen molar-refractivity contribution in [3.8, 4) is 17.4 Å². The molecule has 1 aromatic heterocycles. The van der Waals surface area contributed by atoms with Crippen molar-refractivity contribution in [2.75, 3.05) is 6.61 Å². The third kappa shape index (κ3) is 5.84. The van der Waals surface area contributed by atoms with Crippen LogP contribution in [0, 0.1) is 0 Å². The SMILES string of the molecule is CC(NC(=O)NCc1ccnc(OCC(F)(F)F)c1)c1ccc2c(c1)OC(F)(F)O2. The zero-order chi connectivity index (χ0) is 21.9. The number of pyridine rings is 1. The van der Waals surface area contributed by atoms with Crippen molar-refractivity contribution in [2.45, 2.75) is 32.0 Å². The Kier molecular flexibility index (Phi) is 5.85. The first-order valence-corrected chi connectivity index (χ1v) is 8.59. The number of urea groups is 1. The molecule has 1 aliphatic heterocycles. The molecule has 0 saturated carbocycles. The molecule has 2 amide bonds. The largest absolute Gasteiger partial charge is 0.586 e. The van der Waals surface area contributed by atoms with Crippen LogP contribution < -0.4 is 24.8 Å². The van der Waals surface area contributed by atoms with Gasteiger partial charge in [0.15, 0.2) is 18.1 Å². The molecule has 0 spiro atoms. The average molecular weight is 433 g/mol. The van der Waals surface area contributed by atoms with Crippen molar-refractivity contribution in [3.63, 3.8) is 0 Å². The molecule has 0 bridgehead atoms. The molecule has 1 unspecified atom stereocenters. The summed E-state index contributed by atoms with van der Waals surface area (Å²) in [5, 5.41) is 5.14. The summed E-state index contributed by atoms with van der Waals surface area (Å²) in [6, 6.07) is 5.77. The van der Waals surface area contributed by atoms with Gasteiger partial charge < -0.3 is 24.8 Å². The van der Waals surface area contributed by atoms with Gasteiger partial charge in [0, 0.05) is 18.8 Å². The highest BCUT2D eigenvalue weighted by molar-refractivity contribution is 5.74. The van der Waals surface area contributed by atoms with Gasteiger partial charge in [-0.1, -0.05) is 6.07 Å². The fraction of sp³-hybridized carbons (Fsp3) is 0.333. The number of ether oxygens (including phenoxy) is 3. The van der Waals surface area contributed by atoms with Gasteiger partial charge in [-0.3, -0.25) is 0 Å². The standard InChI is InChI=1S/C18H16F5N3O4/c1-10(12-2-3-13-14(7-12)30-18(22,23)29-13)26-16(27)25-8-11-4-5-24-15(6-11)28-9-17(19,20)21/h2-7,10H,8-9H2,1H3,(H2,25,26,27). The molecule has 0 fully saturated rings. The number of aromatic nitrogens is 1. The van der Waals surface area contributed by atoms with Gasteiger partial charge in [-0.05, 0) is 36.2 Å². The Hall–Kier alpha value is -3.31. The van der Waals surface area contributed by atoms with Crippen molar-refractivity contribution in [1.29, 1.82) is 0 Å². The van der Waals surface area contributed by atoms with E-state index in [1.807, 2.05) is 0 Å². The molecule has 1 aromatic carbocycles. The van der Waals surface area contributed by atoms with Gasteiger partial charge in [-0.15, -0.1) is 8.78 Å². The van der Waals surface area contributed by atoms with Crippen molar-refractivity contribution in [3.05, 3.63) is 47.7 Å². The van der Waals surface area contributed by atoms with Gasteiger partial charge in [-0.25, -0.2) is 9.78 Å². The molecule has 2 N–H and O–H groups in total. The number of nitrogens with one attached hydrogen (secondary N) is 2. The van der Waals surface area contributed by atoms with Crippen LogP contribution in [0.1, 0.15) is 24.1 Å². The average Bonchev–Trinajstić information content (AvgIpc) is 2.97. The van der Waals surface area contributed by atoms with Crippen molar-refractivity contribution in [2.24, 2.45) is 0 Å². The minimum atomic E-state index is -4.49. The zero-order valence-corrected chi connectivity index (χ0v) is 15.4. The van der Waals surface area contributed by atoms with Gasteiger partial charge in [0.2, 0.25) is 5.88 Å². The second-order valence-corrected chi connectivity index (χ2v) is 6.33. The summed E-state index contributed by atoms with van der Waals surface area (Å²) >= 11 is 0. The maximum Gasteiger partial charge on any atom is 0.586 e. The maximum atomic E-state index is 13.1. The van der Waals surface area contributed by atoms with Crippen LogP contribution in [0.3, 0.4) is 0 Å². The van der Waals surface area contributed by atoms with E-state index >= 15 is 0 Å². The molecule has 162 valence electrons. The van der Waals surface area contributed by atoms with Gasteiger partial charge in [0.25, 0.3) is 0 Å². The number of carbonyl (C=O) groups is 1. The van der Waals surface area contributed by atoms with Crippen LogP contribution in [0.2, 0.25) is 0 Å². The van der Waals surface area contributed by atoms with E-state index in [0.29, 0.717) is 11.1 Å². The minimum absolute atomic E-state index is 0.00316. The second-order valence-electron chi connectivity index (χ2n) is 6.33. The highest BCUT2D eigenvalue weighted by Crippen LogP contribution is 2.41. The Morgan fingerprint density at radius 2 is 1.93 bits per heavy atom. The van der Waals surface area contributed by atoms with E-state index in [1.165, 1.54) is 36.5 Å². The van der Waals surface area contributed by atoms with Gasteiger partial charge in [0.05, 0.1) is 6.04 Å². The second kappa shape index (κ2) is 8.20. The normalized spacial score (nSPS) is 15.4. The van der Waals surface area contributed by atoms with Crippen molar-refractivity contribution in [1.82, 2.24) is 15.6 Å². The van der Waals surface area contributed by atoms with E-state index in [-0.39, 0.29) is 23.9 Å². The van der Waals surface area contributed by atoms with Gasteiger partial charge >= 0.3 is 18.5 Å². The first-order valence-electron chi connectivity index (χ1n) is 8.59. The fourth-order valence-corrected chi connectivity index (χ4v) is 2.54. The van der Waals surface area contributed by atoms with E-state index in [9.17, 15) is 26.7 Å². The molecule has 2 aromatic rings. The molecular weight excluding hydrogens is 417 g/mol. The third-order valence-electron chi connectivity index (χ3n) is 3.91. The number of alkyl halides is 5. The van der Waals surface area contributed by atoms with Gasteiger partial charge in [0.1, 0.15) is 0 Å². The lowest BCUT2D eigenvalue weighted by atomic mass is 10.1. The Balaban J connectivity index is 1.52. The van der Waals surface area contributed by atoms with Crippen LogP contribution in [0.5, 0.6) is 17.4 Å². The summed E-state index contributed by atoms with van der Waals surface area (Å²) in [7, 11) is 0. The first kappa shape index (κ1) is 21.4. The number of rotatable bonds is 6. The maximum absolute atomic E-state index is 13.1. The van der Waals surface area contributed by atoms with Crippen LogP contribution in [-0.4, -0.2) is 30.1 Å². The molecule has 0 radical (unpaired) electrons. The lowest BCUT2D eigenvalue weighted by Gasteiger charge is -2.15. The van der Waals surface area contributed by atoms with E-state index in [0.717, 1.165) is 0 Å². The Bertz CT molecular complexity index is 923. The van der Waals surface area contributed by atoms with Crippen LogP contribution >= 0.6 is 0 Å². The van der Waals surface area contributed by atoms with Crippen LogP contribution in [0.15, 0.2) is 36.5 Å². The van der Waals surface area contributed by atoms with Crippen molar-refractivity contribution < 1.29 is 41.0 Å². The highest BCUT2D eigenvalue weighted by Gasteiger charge is 2.43. The predicted octanol–water partition coefficient (Wildman–Crippen LogP) is 3.90. The topological polar surface area (TPSA) is 81.7 Å². The van der Waals surface area contributed by atoms with E-state index in [4.69, 9.17) is 0 Å². The number of amides is 2. The zero-order valence-electron chi connectivity index (χ0n) is 15.4. The first-order chi connectivity index (χ1) is 14.0. The summed E-state index contributed by atoms with van der Waals surface area (Å²) in [6.45, 7) is 0.151. The number of nitrogens with zero attached hydrogens (tertiary/aromatic N) is 1. The fourth-order valence-electron chi connectivity index (χ4n) is 2.54. The summed E-state index contributed by atoms with van der Waals surface area (Å²) in [5.74, 6) is -0.478. The molecule has 0 saturated heterocycles. The molecule has 0 aliphatic carbocycles. The number of carbonyl (C=O) groups excluding carboxylic acids is 1. The lowest BCUT2D eigenvalue weighted by Crippen LogP contribution is -2.36. The summed E-state index contributed by atoms with van der Waals surface area (Å²) < 4.78 is 76.0. The van der Waals surface area contributed by atoms with E-state index < -0.39 is 31.2 Å². The van der Waals surface area contributed by atoms with E-state index in [2.05, 4.69) is 29.8 Å². The number of hydrogen-bond donors (Lipinski definition) is 2. The smallest absolute Gasteiger partial charge is 0.468 e. The van der Waals surface area contributed by atoms with Crippen LogP contribution in [-0.2, 0) is 6.54 Å². The van der Waals surface area contributed by atoms with E-state index in [1.54, 1.807) is 6.92 Å². The number of fused-ring (bicyclic) bond motifs is 1. The number of benzene rings is 1. The van der Waals surface area contributed by atoms with Gasteiger partial charge in [-0.2, -0.15) is 13.2 Å². The molecule has 2 heterocycles. The third-order valence-corrected chi connectivity index (χ3v) is 3.91. The molecule has 12 heteroatoms. The van der Waals surface area contributed by atoms with Crippen LogP contribution in [0.25, 0.3) is 0 Å². The molecule has 30 heavy (non-hydrogen) atoms. The Labute approximate surface area is 167 Å². The summed E-state index contributed by atoms with van der Waals surface area (Å²) in [4.78, 5) is 15.8. The van der Waals surface area contributed by atoms with Crippen molar-refractivity contribution >= 4 is 6.03 Å². The lowest BCUT2D eigenvalue weighted by molar-refractivity contribution is -0.286. The Morgan fingerprint density at radius 1 is 1.20 bits per heavy atom. The number of halogens is 5. The molecular formula is C18H16F5N3O4. The molecule has 7 nitrogen and oxygen atoms in total. The predicted molar refractivity (Wildman–Crippen MR) is 92.2 cm³/mol. The molecule has 1 aliphatic rings. The summed E-state index contributed by atoms with van der Waals surface area (Å²) in [6.07, 6.45) is -6.97. The molecule has 1 atom stereocenters. The quantitative estimate of drug-likeness (QED) is 0.676. The minimum Gasteiger partial charge on any atom is -0.468 e. The monoisotopic (exact) mass is 433 g/mol. The number of hydrogen-bond acceptors (Lipinski definition) is 5.